The van der Waals surface area contributed by atoms with Crippen molar-refractivity contribution in [1.29, 1.82) is 0 Å². The molecular weight excluding hydrogens is 284 g/mol. The number of furan rings is 1. The predicted octanol–water partition coefficient (Wildman–Crippen LogP) is 2.85. The molecular formula is C16H20N2O2S. The summed E-state index contributed by atoms with van der Waals surface area (Å²) in [6.07, 6.45) is 9.29. The predicted molar refractivity (Wildman–Crippen MR) is 82.8 cm³/mol. The summed E-state index contributed by atoms with van der Waals surface area (Å²) in [7, 11) is 0. The lowest BCUT2D eigenvalue weighted by Gasteiger charge is -2.57. The number of hydrogen-bond acceptors (Lipinski definition) is 3. The molecule has 0 aromatic carbocycles. The van der Waals surface area contributed by atoms with Gasteiger partial charge in [0.15, 0.2) is 10.9 Å². The maximum atomic E-state index is 12.0. The second-order valence-electron chi connectivity index (χ2n) is 7.08. The van der Waals surface area contributed by atoms with Crippen LogP contribution >= 0.6 is 12.2 Å². The van der Waals surface area contributed by atoms with Crippen molar-refractivity contribution in [3.8, 4) is 0 Å². The Bertz CT molecular complexity index is 532. The van der Waals surface area contributed by atoms with Crippen molar-refractivity contribution < 1.29 is 9.21 Å². The van der Waals surface area contributed by atoms with Crippen molar-refractivity contribution >= 4 is 23.2 Å². The zero-order valence-electron chi connectivity index (χ0n) is 11.9. The highest BCUT2D eigenvalue weighted by molar-refractivity contribution is 7.80. The van der Waals surface area contributed by atoms with E-state index in [-0.39, 0.29) is 11.4 Å². The molecule has 4 aliphatic rings. The SMILES string of the molecule is O=C(NC(=S)NC12CC3CC(CC(C3)C1)C2)c1ccco1. The van der Waals surface area contributed by atoms with Crippen LogP contribution in [0.4, 0.5) is 0 Å². The maximum absolute atomic E-state index is 12.0. The van der Waals surface area contributed by atoms with Crippen molar-refractivity contribution in [2.75, 3.05) is 0 Å². The van der Waals surface area contributed by atoms with Gasteiger partial charge in [-0.2, -0.15) is 0 Å². The van der Waals surface area contributed by atoms with Gasteiger partial charge in [0.1, 0.15) is 0 Å². The Labute approximate surface area is 129 Å². The van der Waals surface area contributed by atoms with Gasteiger partial charge in [0.2, 0.25) is 0 Å². The van der Waals surface area contributed by atoms with E-state index in [1.54, 1.807) is 12.1 Å². The third-order valence-corrected chi connectivity index (χ3v) is 5.59. The minimum Gasteiger partial charge on any atom is -0.459 e. The van der Waals surface area contributed by atoms with Gasteiger partial charge in [0.25, 0.3) is 5.91 Å². The summed E-state index contributed by atoms with van der Waals surface area (Å²) in [4.78, 5) is 12.0. The van der Waals surface area contributed by atoms with Crippen molar-refractivity contribution in [3.05, 3.63) is 24.2 Å². The molecule has 0 aliphatic heterocycles. The second kappa shape index (κ2) is 4.83. The summed E-state index contributed by atoms with van der Waals surface area (Å²) in [6, 6.07) is 3.34. The zero-order valence-corrected chi connectivity index (χ0v) is 12.7. The Morgan fingerprint density at radius 1 is 1.19 bits per heavy atom. The molecule has 0 unspecified atom stereocenters. The fraction of sp³-hybridized carbons (Fsp3) is 0.625. The van der Waals surface area contributed by atoms with Crippen molar-refractivity contribution in [3.63, 3.8) is 0 Å². The lowest BCUT2D eigenvalue weighted by Crippen LogP contribution is -2.61. The van der Waals surface area contributed by atoms with Crippen LogP contribution in [0.1, 0.15) is 49.1 Å². The molecule has 5 heteroatoms. The van der Waals surface area contributed by atoms with Gasteiger partial charge >= 0.3 is 0 Å². The van der Waals surface area contributed by atoms with Gasteiger partial charge in [-0.1, -0.05) is 0 Å². The molecule has 1 heterocycles. The van der Waals surface area contributed by atoms with E-state index >= 15 is 0 Å². The van der Waals surface area contributed by atoms with E-state index in [2.05, 4.69) is 10.6 Å². The summed E-state index contributed by atoms with van der Waals surface area (Å²) in [5, 5.41) is 6.66. The zero-order chi connectivity index (χ0) is 14.4. The molecule has 0 radical (unpaired) electrons. The van der Waals surface area contributed by atoms with Crippen LogP contribution in [-0.2, 0) is 0 Å². The Morgan fingerprint density at radius 3 is 2.33 bits per heavy atom. The third-order valence-electron chi connectivity index (χ3n) is 5.39. The average Bonchev–Trinajstić information content (AvgIpc) is 2.89. The normalized spacial score (nSPS) is 36.5. The van der Waals surface area contributed by atoms with Crippen molar-refractivity contribution in [1.82, 2.24) is 10.6 Å². The van der Waals surface area contributed by atoms with Gasteiger partial charge in [-0.25, -0.2) is 0 Å². The monoisotopic (exact) mass is 304 g/mol. The molecule has 0 spiro atoms. The minimum atomic E-state index is -0.276. The number of amides is 1. The Balaban J connectivity index is 1.41. The molecule has 0 saturated heterocycles. The first-order valence-electron chi connectivity index (χ1n) is 7.79. The number of hydrogen-bond donors (Lipinski definition) is 2. The van der Waals surface area contributed by atoms with Gasteiger partial charge in [-0.3, -0.25) is 10.1 Å². The summed E-state index contributed by atoms with van der Waals surface area (Å²) in [6.45, 7) is 0. The molecule has 4 nitrogen and oxygen atoms in total. The smallest absolute Gasteiger partial charge is 0.293 e. The largest absolute Gasteiger partial charge is 0.459 e. The van der Waals surface area contributed by atoms with E-state index < -0.39 is 0 Å². The van der Waals surface area contributed by atoms with E-state index in [1.165, 1.54) is 44.8 Å². The van der Waals surface area contributed by atoms with Gasteiger partial charge < -0.3 is 9.73 Å². The molecule has 21 heavy (non-hydrogen) atoms. The second-order valence-corrected chi connectivity index (χ2v) is 7.49. The number of nitrogens with one attached hydrogen (secondary N) is 2. The Hall–Kier alpha value is -1.36. The van der Waals surface area contributed by atoms with Crippen molar-refractivity contribution in [2.45, 2.75) is 44.1 Å². The van der Waals surface area contributed by atoms with E-state index in [9.17, 15) is 4.79 Å². The van der Waals surface area contributed by atoms with Gasteiger partial charge in [-0.05, 0) is 80.6 Å². The number of carbonyl (C=O) groups is 1. The van der Waals surface area contributed by atoms with Crippen molar-refractivity contribution in [2.24, 2.45) is 17.8 Å². The van der Waals surface area contributed by atoms with E-state index in [0.717, 1.165) is 17.8 Å². The Morgan fingerprint density at radius 2 is 1.81 bits per heavy atom. The highest BCUT2D eigenvalue weighted by Crippen LogP contribution is 2.55. The number of thiocarbonyl (C=S) groups is 1. The molecule has 112 valence electrons. The summed E-state index contributed by atoms with van der Waals surface area (Å²) < 4.78 is 5.09. The van der Waals surface area contributed by atoms with Gasteiger partial charge in [-0.15, -0.1) is 0 Å². The van der Waals surface area contributed by atoms with E-state index in [0.29, 0.717) is 10.9 Å². The molecule has 1 aromatic heterocycles. The van der Waals surface area contributed by atoms with Crippen LogP contribution in [0.25, 0.3) is 0 Å². The van der Waals surface area contributed by atoms with Crippen LogP contribution in [0.2, 0.25) is 0 Å². The molecule has 5 rings (SSSR count). The standard InChI is InChI=1S/C16H20N2O2S/c19-14(13-2-1-3-20-13)17-15(21)18-16-7-10-4-11(8-16)6-12(5-10)9-16/h1-3,10-12H,4-9H2,(H2,17,18,19,21). The summed E-state index contributed by atoms with van der Waals surface area (Å²) in [5.74, 6) is 2.58. The minimum absolute atomic E-state index is 0.127. The topological polar surface area (TPSA) is 54.3 Å². The molecule has 4 fully saturated rings. The average molecular weight is 304 g/mol. The molecule has 1 aromatic rings. The fourth-order valence-electron chi connectivity index (χ4n) is 5.11. The number of rotatable bonds is 2. The Kier molecular flexibility index (Phi) is 3.06. The molecule has 2 N–H and O–H groups in total. The van der Waals surface area contributed by atoms with Crippen LogP contribution in [0.3, 0.4) is 0 Å². The summed E-state index contributed by atoms with van der Waals surface area (Å²) >= 11 is 5.35. The summed E-state index contributed by atoms with van der Waals surface area (Å²) in [5.41, 5.74) is 0.127. The first-order chi connectivity index (χ1) is 10.1. The molecule has 1 amide bonds. The molecule has 4 bridgehead atoms. The molecule has 4 aliphatic carbocycles. The van der Waals surface area contributed by atoms with Gasteiger partial charge in [0, 0.05) is 5.54 Å². The highest BCUT2D eigenvalue weighted by Gasteiger charge is 2.51. The maximum Gasteiger partial charge on any atom is 0.293 e. The molecule has 4 saturated carbocycles. The van der Waals surface area contributed by atoms with Crippen LogP contribution in [0.15, 0.2) is 22.8 Å². The highest BCUT2D eigenvalue weighted by atomic mass is 32.1. The fourth-order valence-corrected chi connectivity index (χ4v) is 5.42. The van der Waals surface area contributed by atoms with E-state index in [4.69, 9.17) is 16.6 Å². The van der Waals surface area contributed by atoms with E-state index in [1.807, 2.05) is 0 Å². The lowest BCUT2D eigenvalue weighted by molar-refractivity contribution is -0.0101. The number of carbonyl (C=O) groups excluding carboxylic acids is 1. The lowest BCUT2D eigenvalue weighted by atomic mass is 9.53. The first-order valence-corrected chi connectivity index (χ1v) is 8.20. The third kappa shape index (κ3) is 2.48. The quantitative estimate of drug-likeness (QED) is 0.825. The van der Waals surface area contributed by atoms with Crippen LogP contribution in [0, 0.1) is 17.8 Å². The van der Waals surface area contributed by atoms with Crippen LogP contribution < -0.4 is 10.6 Å². The van der Waals surface area contributed by atoms with Crippen LogP contribution in [-0.4, -0.2) is 16.6 Å². The first kappa shape index (κ1) is 13.3. The molecule has 0 atom stereocenters. The van der Waals surface area contributed by atoms with Gasteiger partial charge in [0.05, 0.1) is 6.26 Å². The van der Waals surface area contributed by atoms with Crippen LogP contribution in [0.5, 0.6) is 0 Å².